The van der Waals surface area contributed by atoms with Crippen LogP contribution in [0.15, 0.2) is 11.6 Å². The molecule has 4 heteroatoms. The largest absolute Gasteiger partial charge is 0.389 e. The lowest BCUT2D eigenvalue weighted by Crippen LogP contribution is -2.13. The summed E-state index contributed by atoms with van der Waals surface area (Å²) in [5.41, 5.74) is 1.07. The van der Waals surface area contributed by atoms with Gasteiger partial charge in [0.05, 0.1) is 17.6 Å². The molecule has 2 atom stereocenters. The van der Waals surface area contributed by atoms with Gasteiger partial charge in [0.15, 0.2) is 9.84 Å². The van der Waals surface area contributed by atoms with Crippen molar-refractivity contribution >= 4 is 9.84 Å². The summed E-state index contributed by atoms with van der Waals surface area (Å²) in [6.45, 7) is 3.85. The molecule has 0 aromatic heterocycles. The fraction of sp³-hybridized carbons (Fsp3) is 0.800. The van der Waals surface area contributed by atoms with Crippen LogP contribution in [-0.4, -0.2) is 31.1 Å². The molecule has 1 fully saturated rings. The Balaban J connectivity index is 2.44. The Bertz CT molecular complexity index is 312. The molecule has 2 unspecified atom stereocenters. The molecule has 14 heavy (non-hydrogen) atoms. The normalized spacial score (nSPS) is 27.2. The second-order valence-corrected chi connectivity index (χ2v) is 6.54. The number of hydrogen-bond acceptors (Lipinski definition) is 3. The van der Waals surface area contributed by atoms with Crippen molar-refractivity contribution in [2.24, 2.45) is 5.92 Å². The summed E-state index contributed by atoms with van der Waals surface area (Å²) in [4.78, 5) is 0. The van der Waals surface area contributed by atoms with Crippen molar-refractivity contribution in [2.45, 2.75) is 32.8 Å². The second-order valence-electron chi connectivity index (χ2n) is 4.32. The highest BCUT2D eigenvalue weighted by Crippen LogP contribution is 2.23. The molecule has 1 heterocycles. The molecule has 0 spiro atoms. The topological polar surface area (TPSA) is 54.4 Å². The van der Waals surface area contributed by atoms with Crippen molar-refractivity contribution in [3.05, 3.63) is 11.6 Å². The predicted molar refractivity (Wildman–Crippen MR) is 56.8 cm³/mol. The van der Waals surface area contributed by atoms with Gasteiger partial charge in [0.1, 0.15) is 0 Å². The van der Waals surface area contributed by atoms with Crippen LogP contribution in [0.1, 0.15) is 26.7 Å². The zero-order valence-corrected chi connectivity index (χ0v) is 9.55. The van der Waals surface area contributed by atoms with Crippen LogP contribution >= 0.6 is 0 Å². The van der Waals surface area contributed by atoms with Gasteiger partial charge in [-0.1, -0.05) is 11.6 Å². The number of aliphatic hydroxyl groups excluding tert-OH is 1. The molecule has 1 N–H and O–H groups in total. The summed E-state index contributed by atoms with van der Waals surface area (Å²) in [5.74, 6) is 0.686. The van der Waals surface area contributed by atoms with Crippen molar-refractivity contribution in [2.75, 3.05) is 11.5 Å². The fourth-order valence-electron chi connectivity index (χ4n) is 1.85. The minimum atomic E-state index is -2.80. The quantitative estimate of drug-likeness (QED) is 0.723. The van der Waals surface area contributed by atoms with E-state index in [1.54, 1.807) is 6.08 Å². The van der Waals surface area contributed by atoms with Crippen molar-refractivity contribution in [3.63, 3.8) is 0 Å². The lowest BCUT2D eigenvalue weighted by Gasteiger charge is -2.11. The second kappa shape index (κ2) is 4.45. The van der Waals surface area contributed by atoms with Crippen molar-refractivity contribution in [3.8, 4) is 0 Å². The number of rotatable bonds is 3. The Morgan fingerprint density at radius 2 is 2.21 bits per heavy atom. The molecular weight excluding hydrogens is 200 g/mol. The first-order valence-corrected chi connectivity index (χ1v) is 6.75. The Kier molecular flexibility index (Phi) is 3.72. The molecule has 0 amide bonds. The summed E-state index contributed by atoms with van der Waals surface area (Å²) >= 11 is 0. The highest BCUT2D eigenvalue weighted by Gasteiger charge is 2.28. The third-order valence-corrected chi connectivity index (χ3v) is 4.26. The Morgan fingerprint density at radius 1 is 1.57 bits per heavy atom. The molecule has 1 saturated heterocycles. The van der Waals surface area contributed by atoms with Crippen LogP contribution in [0, 0.1) is 5.92 Å². The molecule has 3 nitrogen and oxygen atoms in total. The minimum absolute atomic E-state index is 0.144. The molecule has 1 rings (SSSR count). The van der Waals surface area contributed by atoms with E-state index in [1.807, 2.05) is 13.8 Å². The van der Waals surface area contributed by atoms with Gasteiger partial charge in [-0.3, -0.25) is 0 Å². The zero-order chi connectivity index (χ0) is 10.8. The molecule has 0 radical (unpaired) electrons. The van der Waals surface area contributed by atoms with Crippen molar-refractivity contribution in [1.29, 1.82) is 0 Å². The van der Waals surface area contributed by atoms with Crippen LogP contribution in [0.5, 0.6) is 0 Å². The van der Waals surface area contributed by atoms with Crippen LogP contribution < -0.4 is 0 Å². The molecule has 0 saturated carbocycles. The summed E-state index contributed by atoms with van der Waals surface area (Å²) < 4.78 is 22.3. The molecule has 0 aromatic rings. The van der Waals surface area contributed by atoms with E-state index in [1.165, 1.54) is 0 Å². The Labute approximate surface area is 85.7 Å². The Hall–Kier alpha value is -0.350. The SMILES string of the molecule is CC(C)=CC(O)CC1CCS(=O)(=O)C1. The summed E-state index contributed by atoms with van der Waals surface area (Å²) in [5, 5.41) is 9.58. The minimum Gasteiger partial charge on any atom is -0.389 e. The summed E-state index contributed by atoms with van der Waals surface area (Å²) in [6, 6.07) is 0. The van der Waals surface area contributed by atoms with Gasteiger partial charge in [-0.15, -0.1) is 0 Å². The van der Waals surface area contributed by atoms with Gasteiger partial charge in [-0.05, 0) is 32.6 Å². The third kappa shape index (κ3) is 3.80. The van der Waals surface area contributed by atoms with Crippen LogP contribution in [0.25, 0.3) is 0 Å². The van der Waals surface area contributed by atoms with E-state index >= 15 is 0 Å². The van der Waals surface area contributed by atoms with Gasteiger partial charge >= 0.3 is 0 Å². The van der Waals surface area contributed by atoms with E-state index in [0.29, 0.717) is 18.6 Å². The third-order valence-electron chi connectivity index (χ3n) is 2.43. The van der Waals surface area contributed by atoms with E-state index in [2.05, 4.69) is 0 Å². The molecule has 0 aromatic carbocycles. The average molecular weight is 218 g/mol. The maximum Gasteiger partial charge on any atom is 0.150 e. The number of hydrogen-bond donors (Lipinski definition) is 1. The van der Waals surface area contributed by atoms with E-state index in [9.17, 15) is 13.5 Å². The van der Waals surface area contributed by atoms with E-state index < -0.39 is 15.9 Å². The van der Waals surface area contributed by atoms with Gasteiger partial charge in [0, 0.05) is 0 Å². The molecule has 0 bridgehead atoms. The number of allylic oxidation sites excluding steroid dienone is 1. The Morgan fingerprint density at radius 3 is 2.64 bits per heavy atom. The maximum atomic E-state index is 11.1. The standard InChI is InChI=1S/C10H18O3S/c1-8(2)5-10(11)6-9-3-4-14(12,13)7-9/h5,9-11H,3-4,6-7H2,1-2H3. The maximum absolute atomic E-state index is 11.1. The molecule has 1 aliphatic heterocycles. The van der Waals surface area contributed by atoms with Crippen LogP contribution in [-0.2, 0) is 9.84 Å². The molecule has 1 aliphatic rings. The molecule has 82 valence electrons. The first kappa shape index (κ1) is 11.7. The first-order valence-electron chi connectivity index (χ1n) is 4.92. The summed E-state index contributed by atoms with van der Waals surface area (Å²) in [6.07, 6.45) is 2.57. The van der Waals surface area contributed by atoms with Crippen LogP contribution in [0.4, 0.5) is 0 Å². The smallest absolute Gasteiger partial charge is 0.150 e. The van der Waals surface area contributed by atoms with Crippen LogP contribution in [0.3, 0.4) is 0 Å². The predicted octanol–water partition coefficient (Wildman–Crippen LogP) is 1.14. The lowest BCUT2D eigenvalue weighted by molar-refractivity contribution is 0.191. The van der Waals surface area contributed by atoms with E-state index in [0.717, 1.165) is 5.57 Å². The van der Waals surface area contributed by atoms with Gasteiger partial charge < -0.3 is 5.11 Å². The number of aliphatic hydroxyl groups is 1. The molecule has 0 aliphatic carbocycles. The monoisotopic (exact) mass is 218 g/mol. The van der Waals surface area contributed by atoms with E-state index in [4.69, 9.17) is 0 Å². The van der Waals surface area contributed by atoms with E-state index in [-0.39, 0.29) is 11.7 Å². The summed E-state index contributed by atoms with van der Waals surface area (Å²) in [7, 11) is -2.80. The van der Waals surface area contributed by atoms with Gasteiger partial charge in [0.25, 0.3) is 0 Å². The van der Waals surface area contributed by atoms with Gasteiger partial charge in [-0.2, -0.15) is 0 Å². The lowest BCUT2D eigenvalue weighted by atomic mass is 10.00. The fourth-order valence-corrected chi connectivity index (χ4v) is 3.73. The highest BCUT2D eigenvalue weighted by molar-refractivity contribution is 7.91. The zero-order valence-electron chi connectivity index (χ0n) is 8.73. The highest BCUT2D eigenvalue weighted by atomic mass is 32.2. The average Bonchev–Trinajstić information content (AvgIpc) is 2.27. The van der Waals surface area contributed by atoms with Gasteiger partial charge in [-0.25, -0.2) is 8.42 Å². The van der Waals surface area contributed by atoms with Crippen LogP contribution in [0.2, 0.25) is 0 Å². The number of sulfone groups is 1. The van der Waals surface area contributed by atoms with Crippen molar-refractivity contribution < 1.29 is 13.5 Å². The molecular formula is C10H18O3S. The first-order chi connectivity index (χ1) is 6.39. The van der Waals surface area contributed by atoms with Gasteiger partial charge in [0.2, 0.25) is 0 Å². The van der Waals surface area contributed by atoms with Crippen molar-refractivity contribution in [1.82, 2.24) is 0 Å².